The summed E-state index contributed by atoms with van der Waals surface area (Å²) in [4.78, 5) is 18.0. The fourth-order valence-electron chi connectivity index (χ4n) is 4.29. The Morgan fingerprint density at radius 1 is 1.24 bits per heavy atom. The maximum Gasteiger partial charge on any atom is 0.351 e. The second-order valence-electron chi connectivity index (χ2n) is 8.54. The monoisotopic (exact) mass is 475 g/mol. The maximum atomic E-state index is 9.04. The fraction of sp³-hybridized carbons (Fsp3) is 0.538. The third kappa shape index (κ3) is 9.74. The molecule has 3 N–H and O–H groups in total. The number of rotatable bonds is 11. The van der Waals surface area contributed by atoms with E-state index >= 15 is 0 Å². The summed E-state index contributed by atoms with van der Waals surface area (Å²) in [7, 11) is 2.21. The van der Waals surface area contributed by atoms with Crippen LogP contribution < -0.4 is 10.4 Å². The van der Waals surface area contributed by atoms with Gasteiger partial charge < -0.3 is 25.1 Å². The molecule has 182 valence electrons. The van der Waals surface area contributed by atoms with Crippen LogP contribution in [-0.4, -0.2) is 54.4 Å². The van der Waals surface area contributed by atoms with E-state index in [9.17, 15) is 0 Å². The van der Waals surface area contributed by atoms with Crippen molar-refractivity contribution in [2.24, 2.45) is 5.92 Å². The van der Waals surface area contributed by atoms with Crippen molar-refractivity contribution in [2.75, 3.05) is 25.2 Å². The van der Waals surface area contributed by atoms with Crippen LogP contribution in [-0.2, 0) is 20.7 Å². The van der Waals surface area contributed by atoms with Crippen molar-refractivity contribution in [3.8, 4) is 0 Å². The minimum Gasteiger partial charge on any atom is -0.539 e. The average Bonchev–Trinajstić information content (AvgIpc) is 3.33. The highest BCUT2D eigenvalue weighted by atomic mass is 32.2. The van der Waals surface area contributed by atoms with Crippen LogP contribution in [0.5, 0.6) is 0 Å². The SMILES string of the molecule is CCC(CCSCC(Cc1cccc2ccccc12)CC1CCCO1)[NH2+]C.O=C([O-])C(=O)O. The van der Waals surface area contributed by atoms with E-state index in [1.54, 1.807) is 0 Å². The number of carbonyl (C=O) groups is 2. The van der Waals surface area contributed by atoms with Gasteiger partial charge in [-0.1, -0.05) is 49.4 Å². The lowest BCUT2D eigenvalue weighted by Crippen LogP contribution is -2.86. The van der Waals surface area contributed by atoms with Gasteiger partial charge in [-0.25, -0.2) is 4.79 Å². The van der Waals surface area contributed by atoms with Crippen molar-refractivity contribution in [2.45, 2.75) is 57.6 Å². The molecule has 1 heterocycles. The molecule has 1 saturated heterocycles. The summed E-state index contributed by atoms with van der Waals surface area (Å²) in [5.74, 6) is -0.775. The largest absolute Gasteiger partial charge is 0.539 e. The van der Waals surface area contributed by atoms with Crippen molar-refractivity contribution < 1.29 is 29.9 Å². The summed E-state index contributed by atoms with van der Waals surface area (Å²) in [6, 6.07) is 16.4. The van der Waals surface area contributed by atoms with Gasteiger partial charge in [0.1, 0.15) is 0 Å². The van der Waals surface area contributed by atoms with Gasteiger partial charge in [0.05, 0.1) is 19.2 Å². The van der Waals surface area contributed by atoms with Crippen molar-refractivity contribution >= 4 is 34.5 Å². The Hall–Kier alpha value is -2.09. The molecule has 1 fully saturated rings. The first-order valence-electron chi connectivity index (χ1n) is 11.8. The second kappa shape index (κ2) is 14.9. The number of aliphatic carboxylic acids is 2. The highest BCUT2D eigenvalue weighted by Gasteiger charge is 2.22. The van der Waals surface area contributed by atoms with Crippen LogP contribution in [0.15, 0.2) is 42.5 Å². The summed E-state index contributed by atoms with van der Waals surface area (Å²) in [5, 5.41) is 21.5. The Kier molecular flexibility index (Phi) is 12.3. The second-order valence-corrected chi connectivity index (χ2v) is 9.69. The van der Waals surface area contributed by atoms with Gasteiger partial charge in [-0.15, -0.1) is 0 Å². The van der Waals surface area contributed by atoms with Crippen molar-refractivity contribution in [3.63, 3.8) is 0 Å². The van der Waals surface area contributed by atoms with Crippen LogP contribution in [0.4, 0.5) is 0 Å². The van der Waals surface area contributed by atoms with E-state index in [0.717, 1.165) is 12.6 Å². The first kappa shape index (κ1) is 27.2. The van der Waals surface area contributed by atoms with E-state index in [1.807, 2.05) is 0 Å². The van der Waals surface area contributed by atoms with Crippen molar-refractivity contribution in [1.82, 2.24) is 0 Å². The highest BCUT2D eigenvalue weighted by Crippen LogP contribution is 2.28. The molecular weight excluding hydrogens is 438 g/mol. The number of benzene rings is 2. The van der Waals surface area contributed by atoms with Crippen LogP contribution in [0.1, 0.15) is 44.6 Å². The molecule has 1 aliphatic rings. The molecule has 1 aliphatic heterocycles. The number of carboxylic acid groups (broad SMARTS) is 2. The smallest absolute Gasteiger partial charge is 0.351 e. The zero-order valence-electron chi connectivity index (χ0n) is 19.7. The maximum absolute atomic E-state index is 9.04. The molecule has 3 rings (SSSR count). The van der Waals surface area contributed by atoms with E-state index < -0.39 is 11.9 Å². The molecule has 0 radical (unpaired) electrons. The van der Waals surface area contributed by atoms with E-state index in [2.05, 4.69) is 73.5 Å². The summed E-state index contributed by atoms with van der Waals surface area (Å²) in [5.41, 5.74) is 1.50. The number of hydrogen-bond donors (Lipinski definition) is 2. The predicted molar refractivity (Wildman–Crippen MR) is 131 cm³/mol. The first-order valence-corrected chi connectivity index (χ1v) is 13.0. The van der Waals surface area contributed by atoms with Crippen molar-refractivity contribution in [1.29, 1.82) is 0 Å². The minimum atomic E-state index is -2.07. The molecule has 2 aromatic carbocycles. The lowest BCUT2D eigenvalue weighted by molar-refractivity contribution is -0.663. The van der Waals surface area contributed by atoms with Gasteiger partial charge in [0.2, 0.25) is 0 Å². The van der Waals surface area contributed by atoms with Gasteiger partial charge in [-0.05, 0) is 65.9 Å². The topological polar surface area (TPSA) is 103 Å². The first-order chi connectivity index (χ1) is 15.9. The molecule has 0 amide bonds. The number of thioether (sulfide) groups is 1. The quantitative estimate of drug-likeness (QED) is 0.382. The van der Waals surface area contributed by atoms with Gasteiger partial charge in [0.15, 0.2) is 5.97 Å². The number of carbonyl (C=O) groups excluding carboxylic acids is 1. The van der Waals surface area contributed by atoms with Crippen LogP contribution >= 0.6 is 11.8 Å². The lowest BCUT2D eigenvalue weighted by atomic mass is 9.91. The van der Waals surface area contributed by atoms with Gasteiger partial charge in [0.25, 0.3) is 0 Å². The van der Waals surface area contributed by atoms with E-state index in [0.29, 0.717) is 12.0 Å². The molecule has 6 nitrogen and oxygen atoms in total. The van der Waals surface area contributed by atoms with E-state index in [1.165, 1.54) is 66.4 Å². The molecule has 0 spiro atoms. The third-order valence-electron chi connectivity index (χ3n) is 6.17. The molecule has 7 heteroatoms. The number of nitrogens with two attached hydrogens (primary N) is 1. The fourth-order valence-corrected chi connectivity index (χ4v) is 5.51. The van der Waals surface area contributed by atoms with Crippen LogP contribution in [0.3, 0.4) is 0 Å². The van der Waals surface area contributed by atoms with Gasteiger partial charge in [-0.3, -0.25) is 0 Å². The number of carboxylic acids is 2. The Bertz CT molecular complexity index is 847. The normalized spacial score (nSPS) is 17.2. The molecule has 0 aliphatic carbocycles. The van der Waals surface area contributed by atoms with Gasteiger partial charge in [-0.2, -0.15) is 11.8 Å². The summed E-state index contributed by atoms with van der Waals surface area (Å²) in [6.07, 6.45) is 7.95. The number of hydrogen-bond acceptors (Lipinski definition) is 5. The molecule has 3 atom stereocenters. The number of quaternary nitrogens is 1. The molecular formula is C26H37NO5S. The van der Waals surface area contributed by atoms with Gasteiger partial charge in [0, 0.05) is 13.0 Å². The minimum absolute atomic E-state index is 0.484. The zero-order chi connectivity index (χ0) is 24.1. The molecule has 0 aromatic heterocycles. The third-order valence-corrected chi connectivity index (χ3v) is 7.40. The standard InChI is InChI=1S/C24H35NOS.C2H2O4/c1-3-22(25-2)13-15-27-18-19(17-23-11-7-14-26-23)16-21-10-6-9-20-8-4-5-12-24(20)21;3-1(4)2(5)6/h4-6,8-10,12,19,22-23,25H,3,7,11,13-18H2,1-2H3;(H,3,4)(H,5,6). The Balaban J connectivity index is 0.000000569. The highest BCUT2D eigenvalue weighted by molar-refractivity contribution is 7.99. The zero-order valence-corrected chi connectivity index (χ0v) is 20.5. The van der Waals surface area contributed by atoms with E-state index in [-0.39, 0.29) is 0 Å². The van der Waals surface area contributed by atoms with E-state index in [4.69, 9.17) is 24.5 Å². The van der Waals surface area contributed by atoms with Crippen molar-refractivity contribution in [3.05, 3.63) is 48.0 Å². The van der Waals surface area contributed by atoms with Gasteiger partial charge >= 0.3 is 5.97 Å². The lowest BCUT2D eigenvalue weighted by Gasteiger charge is -2.21. The molecule has 33 heavy (non-hydrogen) atoms. The average molecular weight is 476 g/mol. The number of ether oxygens (including phenoxy) is 1. The summed E-state index contributed by atoms with van der Waals surface area (Å²) >= 11 is 2.15. The molecule has 0 bridgehead atoms. The van der Waals surface area contributed by atoms with Crippen LogP contribution in [0.25, 0.3) is 10.8 Å². The van der Waals surface area contributed by atoms with Crippen LogP contribution in [0, 0.1) is 5.92 Å². The Morgan fingerprint density at radius 2 is 1.97 bits per heavy atom. The Labute approximate surface area is 201 Å². The number of fused-ring (bicyclic) bond motifs is 1. The Morgan fingerprint density at radius 3 is 2.61 bits per heavy atom. The summed E-state index contributed by atoms with van der Waals surface area (Å²) < 4.78 is 5.97. The summed E-state index contributed by atoms with van der Waals surface area (Å²) in [6.45, 7) is 3.26. The van der Waals surface area contributed by atoms with Crippen LogP contribution in [0.2, 0.25) is 0 Å². The molecule has 2 aromatic rings. The molecule has 0 saturated carbocycles. The molecule has 3 unspecified atom stereocenters. The predicted octanol–water partition coefficient (Wildman–Crippen LogP) is 2.48.